The molecule has 0 bridgehead atoms. The fraction of sp³-hybridized carbons (Fsp3) is 0.773. The van der Waals surface area contributed by atoms with E-state index in [2.05, 4.69) is 41.4 Å². The first-order chi connectivity index (χ1) is 13.0. The molecule has 0 aromatic carbocycles. The second-order valence-corrected chi connectivity index (χ2v) is 10.2. The molecule has 1 saturated carbocycles. The number of thiophene rings is 1. The van der Waals surface area contributed by atoms with Crippen molar-refractivity contribution in [1.82, 2.24) is 9.80 Å². The molecule has 150 valence electrons. The molecule has 27 heavy (non-hydrogen) atoms. The summed E-state index contributed by atoms with van der Waals surface area (Å²) in [4.78, 5) is 18.8. The van der Waals surface area contributed by atoms with Crippen LogP contribution >= 0.6 is 11.3 Å². The van der Waals surface area contributed by atoms with Crippen molar-refractivity contribution in [3.05, 3.63) is 22.4 Å². The van der Waals surface area contributed by atoms with Crippen LogP contribution in [0.25, 0.3) is 0 Å². The predicted molar refractivity (Wildman–Crippen MR) is 110 cm³/mol. The molecule has 0 atom stereocenters. The van der Waals surface area contributed by atoms with Crippen LogP contribution in [-0.4, -0.2) is 56.1 Å². The third kappa shape index (κ3) is 3.83. The van der Waals surface area contributed by atoms with Crippen LogP contribution < -0.4 is 0 Å². The number of ether oxygens (including phenoxy) is 1. The van der Waals surface area contributed by atoms with E-state index in [1.807, 2.05) is 11.3 Å². The van der Waals surface area contributed by atoms with Crippen molar-refractivity contribution in [3.63, 3.8) is 0 Å². The minimum Gasteiger partial charge on any atom is -0.381 e. The van der Waals surface area contributed by atoms with Crippen molar-refractivity contribution in [2.24, 2.45) is 11.3 Å². The van der Waals surface area contributed by atoms with E-state index in [9.17, 15) is 4.79 Å². The predicted octanol–water partition coefficient (Wildman–Crippen LogP) is 4.11. The standard InChI is InChI=1S/C22H34N2O2S/c1-23(2)22(19-4-3-15-27-19)10-8-21(9-11-22)16-20(25)24(17-21)12-5-18-6-13-26-14-7-18/h3-4,15,18H,5-14,16-17H2,1-2H3. The molecule has 1 spiro atoms. The maximum atomic E-state index is 12.7. The molecule has 0 N–H and O–H groups in total. The van der Waals surface area contributed by atoms with Gasteiger partial charge in [0, 0.05) is 37.6 Å². The van der Waals surface area contributed by atoms with Crippen LogP contribution in [0, 0.1) is 11.3 Å². The number of likely N-dealkylation sites (tertiary alicyclic amines) is 1. The third-order valence-corrected chi connectivity index (χ3v) is 8.59. The van der Waals surface area contributed by atoms with Crippen molar-refractivity contribution in [2.45, 2.75) is 56.9 Å². The van der Waals surface area contributed by atoms with E-state index in [0.29, 0.717) is 5.91 Å². The molecule has 1 aromatic rings. The minimum atomic E-state index is 0.165. The van der Waals surface area contributed by atoms with Gasteiger partial charge in [0.1, 0.15) is 0 Å². The zero-order chi connectivity index (χ0) is 18.9. The average Bonchev–Trinajstić information content (AvgIpc) is 3.31. The van der Waals surface area contributed by atoms with E-state index in [1.165, 1.54) is 43.4 Å². The molecule has 1 aliphatic carbocycles. The smallest absolute Gasteiger partial charge is 0.223 e. The lowest BCUT2D eigenvalue weighted by Crippen LogP contribution is -2.47. The van der Waals surface area contributed by atoms with Gasteiger partial charge in [-0.05, 0) is 81.8 Å². The molecule has 0 unspecified atom stereocenters. The largest absolute Gasteiger partial charge is 0.381 e. The lowest BCUT2D eigenvalue weighted by molar-refractivity contribution is -0.128. The monoisotopic (exact) mass is 390 g/mol. The first-order valence-electron chi connectivity index (χ1n) is 10.6. The quantitative estimate of drug-likeness (QED) is 0.758. The summed E-state index contributed by atoms with van der Waals surface area (Å²) >= 11 is 1.88. The van der Waals surface area contributed by atoms with Crippen molar-refractivity contribution >= 4 is 17.2 Å². The average molecular weight is 391 g/mol. The Hall–Kier alpha value is -0.910. The van der Waals surface area contributed by atoms with Crippen LogP contribution in [-0.2, 0) is 15.1 Å². The molecule has 2 saturated heterocycles. The van der Waals surface area contributed by atoms with Gasteiger partial charge in [-0.1, -0.05) is 6.07 Å². The SMILES string of the molecule is CN(C)C1(c2cccs2)CCC2(CC1)CC(=O)N(CCC1CCOCC1)C2. The van der Waals surface area contributed by atoms with Gasteiger partial charge in [-0.15, -0.1) is 11.3 Å². The first-order valence-corrected chi connectivity index (χ1v) is 11.5. The normalized spacial score (nSPS) is 32.7. The summed E-state index contributed by atoms with van der Waals surface area (Å²) in [5.74, 6) is 1.14. The number of carbonyl (C=O) groups is 1. The van der Waals surface area contributed by atoms with Gasteiger partial charge in [0.05, 0.1) is 5.54 Å². The van der Waals surface area contributed by atoms with Crippen molar-refractivity contribution in [1.29, 1.82) is 0 Å². The second-order valence-electron chi connectivity index (χ2n) is 9.24. The van der Waals surface area contributed by atoms with Crippen LogP contribution in [0.1, 0.15) is 56.2 Å². The molecule has 5 heteroatoms. The number of nitrogens with zero attached hydrogens (tertiary/aromatic N) is 2. The summed E-state index contributed by atoms with van der Waals surface area (Å²) in [7, 11) is 4.44. The molecule has 0 radical (unpaired) electrons. The summed E-state index contributed by atoms with van der Waals surface area (Å²) in [5, 5.41) is 2.20. The molecule has 3 heterocycles. The Morgan fingerprint density at radius 2 is 1.96 bits per heavy atom. The van der Waals surface area contributed by atoms with Gasteiger partial charge in [0.15, 0.2) is 0 Å². The number of rotatable bonds is 5. The fourth-order valence-corrected chi connectivity index (χ4v) is 6.61. The Morgan fingerprint density at radius 3 is 2.59 bits per heavy atom. The summed E-state index contributed by atoms with van der Waals surface area (Å²) < 4.78 is 5.47. The lowest BCUT2D eigenvalue weighted by Gasteiger charge is -2.48. The van der Waals surface area contributed by atoms with E-state index in [-0.39, 0.29) is 11.0 Å². The lowest BCUT2D eigenvalue weighted by atomic mass is 9.66. The molecule has 1 aromatic heterocycles. The highest BCUT2D eigenvalue weighted by Crippen LogP contribution is 2.52. The Kier molecular flexibility index (Phi) is 5.64. The van der Waals surface area contributed by atoms with Crippen LogP contribution in [0.5, 0.6) is 0 Å². The summed E-state index contributed by atoms with van der Waals surface area (Å²) in [5.41, 5.74) is 0.390. The molecular weight excluding hydrogens is 356 g/mol. The number of hydrogen-bond acceptors (Lipinski definition) is 4. The first kappa shape index (κ1) is 19.4. The number of amides is 1. The summed E-state index contributed by atoms with van der Waals surface area (Å²) in [6.45, 7) is 3.74. The van der Waals surface area contributed by atoms with Crippen molar-refractivity contribution in [2.75, 3.05) is 40.4 Å². The van der Waals surface area contributed by atoms with E-state index in [1.54, 1.807) is 0 Å². The van der Waals surface area contributed by atoms with Crippen LogP contribution in [0.2, 0.25) is 0 Å². The van der Waals surface area contributed by atoms with E-state index in [0.717, 1.165) is 45.1 Å². The second kappa shape index (κ2) is 7.84. The maximum Gasteiger partial charge on any atom is 0.223 e. The van der Waals surface area contributed by atoms with Crippen molar-refractivity contribution < 1.29 is 9.53 Å². The van der Waals surface area contributed by atoms with Crippen LogP contribution in [0.4, 0.5) is 0 Å². The van der Waals surface area contributed by atoms with Gasteiger partial charge in [0.25, 0.3) is 0 Å². The Balaban J connectivity index is 1.37. The number of carbonyl (C=O) groups excluding carboxylic acids is 1. The highest BCUT2D eigenvalue weighted by molar-refractivity contribution is 7.10. The third-order valence-electron chi connectivity index (χ3n) is 7.53. The van der Waals surface area contributed by atoms with Crippen molar-refractivity contribution in [3.8, 4) is 0 Å². The van der Waals surface area contributed by atoms with Gasteiger partial charge < -0.3 is 9.64 Å². The van der Waals surface area contributed by atoms with Gasteiger partial charge in [0.2, 0.25) is 5.91 Å². The zero-order valence-electron chi connectivity index (χ0n) is 16.9. The molecule has 3 aliphatic rings. The summed E-state index contributed by atoms with van der Waals surface area (Å²) in [6, 6.07) is 4.47. The van der Waals surface area contributed by atoms with Gasteiger partial charge >= 0.3 is 0 Å². The van der Waals surface area contributed by atoms with Gasteiger partial charge in [-0.25, -0.2) is 0 Å². The van der Waals surface area contributed by atoms with Crippen LogP contribution in [0.15, 0.2) is 17.5 Å². The molecule has 3 fully saturated rings. The highest BCUT2D eigenvalue weighted by Gasteiger charge is 2.50. The number of hydrogen-bond donors (Lipinski definition) is 0. The highest BCUT2D eigenvalue weighted by atomic mass is 32.1. The van der Waals surface area contributed by atoms with E-state index in [4.69, 9.17) is 4.74 Å². The molecule has 4 rings (SSSR count). The topological polar surface area (TPSA) is 32.8 Å². The van der Waals surface area contributed by atoms with Gasteiger partial charge in [-0.3, -0.25) is 9.69 Å². The summed E-state index contributed by atoms with van der Waals surface area (Å²) in [6.07, 6.45) is 8.93. The molecule has 2 aliphatic heterocycles. The molecule has 1 amide bonds. The van der Waals surface area contributed by atoms with E-state index < -0.39 is 0 Å². The molecular formula is C22H34N2O2S. The molecule has 4 nitrogen and oxygen atoms in total. The Morgan fingerprint density at radius 1 is 1.22 bits per heavy atom. The fourth-order valence-electron chi connectivity index (χ4n) is 5.54. The maximum absolute atomic E-state index is 12.7. The van der Waals surface area contributed by atoms with E-state index >= 15 is 0 Å². The van der Waals surface area contributed by atoms with Gasteiger partial charge in [-0.2, -0.15) is 0 Å². The Bertz CT molecular complexity index is 629. The Labute approximate surface area is 167 Å². The van der Waals surface area contributed by atoms with Crippen LogP contribution in [0.3, 0.4) is 0 Å². The minimum absolute atomic E-state index is 0.165. The zero-order valence-corrected chi connectivity index (χ0v) is 17.7.